The van der Waals surface area contributed by atoms with Gasteiger partial charge in [-0.3, -0.25) is 14.3 Å². The van der Waals surface area contributed by atoms with Crippen molar-refractivity contribution in [3.63, 3.8) is 0 Å². The fourth-order valence-electron chi connectivity index (χ4n) is 2.96. The summed E-state index contributed by atoms with van der Waals surface area (Å²) in [5.41, 5.74) is 5.62. The minimum Gasteiger partial charge on any atom is -0.484 e. The number of hydrogen-bond acceptors (Lipinski definition) is 4. The van der Waals surface area contributed by atoms with E-state index >= 15 is 0 Å². The molecule has 1 aromatic heterocycles. The van der Waals surface area contributed by atoms with Gasteiger partial charge in [0.1, 0.15) is 5.75 Å². The number of carbonyl (C=O) groups is 2. The highest BCUT2D eigenvalue weighted by Gasteiger charge is 2.29. The Hall–Kier alpha value is -2.83. The number of carbonyl (C=O) groups excluding carboxylic acids is 2. The molecule has 1 aliphatic rings. The van der Waals surface area contributed by atoms with E-state index in [1.165, 1.54) is 0 Å². The topological polar surface area (TPSA) is 90.5 Å². The number of amides is 2. The highest BCUT2D eigenvalue weighted by molar-refractivity contribution is 5.95. The van der Waals surface area contributed by atoms with Crippen molar-refractivity contribution in [1.29, 1.82) is 0 Å². The van der Waals surface area contributed by atoms with E-state index in [2.05, 4.69) is 5.10 Å². The first-order valence-corrected chi connectivity index (χ1v) is 7.93. The lowest BCUT2D eigenvalue weighted by molar-refractivity contribution is -0.119. The van der Waals surface area contributed by atoms with Crippen LogP contribution in [-0.4, -0.2) is 45.7 Å². The van der Waals surface area contributed by atoms with Crippen molar-refractivity contribution in [3.05, 3.63) is 48.3 Å². The van der Waals surface area contributed by atoms with Crippen molar-refractivity contribution in [2.45, 2.75) is 25.4 Å². The second-order valence-corrected chi connectivity index (χ2v) is 5.81. The van der Waals surface area contributed by atoms with Crippen LogP contribution in [0.15, 0.2) is 42.7 Å². The van der Waals surface area contributed by atoms with Crippen molar-refractivity contribution in [2.75, 3.05) is 13.2 Å². The van der Waals surface area contributed by atoms with Crippen LogP contribution in [0.2, 0.25) is 0 Å². The fourth-order valence-corrected chi connectivity index (χ4v) is 2.96. The Morgan fingerprint density at radius 3 is 2.96 bits per heavy atom. The van der Waals surface area contributed by atoms with Gasteiger partial charge >= 0.3 is 0 Å². The number of rotatable bonds is 6. The molecule has 0 bridgehead atoms. The number of primary amides is 1. The number of aromatic nitrogens is 2. The number of nitrogens with zero attached hydrogens (tertiary/aromatic N) is 3. The van der Waals surface area contributed by atoms with Crippen molar-refractivity contribution >= 4 is 11.8 Å². The van der Waals surface area contributed by atoms with Crippen LogP contribution in [0.3, 0.4) is 0 Å². The standard InChI is InChI=1S/C17H20N4O3/c18-16(22)12-24-15-6-1-4-13(10-15)17(23)21-9-2-5-14(21)11-20-8-3-7-19-20/h1,3-4,6-8,10,14H,2,5,9,11-12H2,(H2,18,22)/t14-/m0/s1. The summed E-state index contributed by atoms with van der Waals surface area (Å²) in [7, 11) is 0. The summed E-state index contributed by atoms with van der Waals surface area (Å²) in [5, 5.41) is 4.22. The second-order valence-electron chi connectivity index (χ2n) is 5.81. The average molecular weight is 328 g/mol. The summed E-state index contributed by atoms with van der Waals surface area (Å²) in [4.78, 5) is 25.5. The van der Waals surface area contributed by atoms with Gasteiger partial charge in [-0.05, 0) is 37.1 Å². The molecule has 1 atom stereocenters. The van der Waals surface area contributed by atoms with E-state index in [1.54, 1.807) is 30.5 Å². The third-order valence-electron chi connectivity index (χ3n) is 4.06. The van der Waals surface area contributed by atoms with E-state index in [9.17, 15) is 9.59 Å². The molecule has 7 nitrogen and oxygen atoms in total. The van der Waals surface area contributed by atoms with Crippen LogP contribution < -0.4 is 10.5 Å². The predicted octanol–water partition coefficient (Wildman–Crippen LogP) is 1.05. The van der Waals surface area contributed by atoms with Gasteiger partial charge in [0.05, 0.1) is 12.6 Å². The Kier molecular flexibility index (Phi) is 4.79. The maximum absolute atomic E-state index is 12.8. The molecule has 0 unspecified atom stereocenters. The van der Waals surface area contributed by atoms with Gasteiger partial charge in [-0.1, -0.05) is 6.07 Å². The monoisotopic (exact) mass is 328 g/mol. The smallest absolute Gasteiger partial charge is 0.255 e. The molecule has 7 heteroatoms. The zero-order valence-corrected chi connectivity index (χ0v) is 13.3. The third-order valence-corrected chi connectivity index (χ3v) is 4.06. The van der Waals surface area contributed by atoms with Crippen LogP contribution in [0.4, 0.5) is 0 Å². The Balaban J connectivity index is 1.70. The van der Waals surface area contributed by atoms with Gasteiger partial charge in [-0.2, -0.15) is 5.10 Å². The van der Waals surface area contributed by atoms with Crippen LogP contribution in [0.5, 0.6) is 5.75 Å². The van der Waals surface area contributed by atoms with Crippen LogP contribution in [0.1, 0.15) is 23.2 Å². The molecule has 0 aliphatic carbocycles. The SMILES string of the molecule is NC(=O)COc1cccc(C(=O)N2CCC[C@H]2Cn2cccn2)c1. The lowest BCUT2D eigenvalue weighted by atomic mass is 10.1. The van der Waals surface area contributed by atoms with E-state index in [4.69, 9.17) is 10.5 Å². The molecule has 1 aromatic carbocycles. The highest BCUT2D eigenvalue weighted by Crippen LogP contribution is 2.23. The van der Waals surface area contributed by atoms with E-state index in [0.717, 1.165) is 19.4 Å². The van der Waals surface area contributed by atoms with E-state index < -0.39 is 5.91 Å². The molecular formula is C17H20N4O3. The van der Waals surface area contributed by atoms with Gasteiger partial charge in [0, 0.05) is 24.5 Å². The lowest BCUT2D eigenvalue weighted by Crippen LogP contribution is -2.38. The van der Waals surface area contributed by atoms with Gasteiger partial charge in [0.15, 0.2) is 6.61 Å². The van der Waals surface area contributed by atoms with Crippen molar-refractivity contribution < 1.29 is 14.3 Å². The summed E-state index contributed by atoms with van der Waals surface area (Å²) in [6.45, 7) is 1.22. The zero-order chi connectivity index (χ0) is 16.9. The number of ether oxygens (including phenoxy) is 1. The Morgan fingerprint density at radius 1 is 1.33 bits per heavy atom. The maximum Gasteiger partial charge on any atom is 0.255 e. The number of benzene rings is 1. The minimum atomic E-state index is -0.550. The molecule has 2 amide bonds. The molecule has 2 N–H and O–H groups in total. The van der Waals surface area contributed by atoms with E-state index in [0.29, 0.717) is 17.9 Å². The number of likely N-dealkylation sites (tertiary alicyclic amines) is 1. The molecule has 126 valence electrons. The molecule has 3 rings (SSSR count). The minimum absolute atomic E-state index is 0.0332. The molecule has 1 aliphatic heterocycles. The summed E-state index contributed by atoms with van der Waals surface area (Å²) in [6, 6.07) is 8.85. The maximum atomic E-state index is 12.8. The van der Waals surface area contributed by atoms with Crippen molar-refractivity contribution in [3.8, 4) is 5.75 Å². The van der Waals surface area contributed by atoms with Crippen LogP contribution in [0.25, 0.3) is 0 Å². The number of nitrogens with two attached hydrogens (primary N) is 1. The quantitative estimate of drug-likeness (QED) is 0.858. The van der Waals surface area contributed by atoms with Crippen molar-refractivity contribution in [1.82, 2.24) is 14.7 Å². The largest absolute Gasteiger partial charge is 0.484 e. The fraction of sp³-hybridized carbons (Fsp3) is 0.353. The number of hydrogen-bond donors (Lipinski definition) is 1. The van der Waals surface area contributed by atoms with Gasteiger partial charge in [-0.25, -0.2) is 0 Å². The first-order valence-electron chi connectivity index (χ1n) is 7.93. The molecule has 0 saturated carbocycles. The van der Waals surface area contributed by atoms with Crippen molar-refractivity contribution in [2.24, 2.45) is 5.73 Å². The van der Waals surface area contributed by atoms with E-state index in [1.807, 2.05) is 21.8 Å². The second kappa shape index (κ2) is 7.16. The molecule has 0 radical (unpaired) electrons. The molecule has 24 heavy (non-hydrogen) atoms. The average Bonchev–Trinajstić information content (AvgIpc) is 3.25. The van der Waals surface area contributed by atoms with E-state index in [-0.39, 0.29) is 18.6 Å². The molecular weight excluding hydrogens is 308 g/mol. The highest BCUT2D eigenvalue weighted by atomic mass is 16.5. The zero-order valence-electron chi connectivity index (χ0n) is 13.3. The summed E-state index contributed by atoms with van der Waals surface area (Å²) >= 11 is 0. The van der Waals surface area contributed by atoms with Crippen LogP contribution in [-0.2, 0) is 11.3 Å². The summed E-state index contributed by atoms with van der Waals surface area (Å²) in [6.07, 6.45) is 5.58. The predicted molar refractivity (Wildman–Crippen MR) is 87.4 cm³/mol. The summed E-state index contributed by atoms with van der Waals surface area (Å²) < 4.78 is 7.12. The summed E-state index contributed by atoms with van der Waals surface area (Å²) in [5.74, 6) is -0.123. The Labute approximate surface area is 140 Å². The molecule has 2 aromatic rings. The third kappa shape index (κ3) is 3.73. The molecule has 1 saturated heterocycles. The van der Waals surface area contributed by atoms with Crippen LogP contribution in [0, 0.1) is 0 Å². The van der Waals surface area contributed by atoms with Crippen LogP contribution >= 0.6 is 0 Å². The Bertz CT molecular complexity index is 714. The molecule has 0 spiro atoms. The normalized spacial score (nSPS) is 17.0. The molecule has 1 fully saturated rings. The van der Waals surface area contributed by atoms with Gasteiger partial charge in [0.25, 0.3) is 11.8 Å². The molecule has 2 heterocycles. The van der Waals surface area contributed by atoms with Gasteiger partial charge in [-0.15, -0.1) is 0 Å². The lowest BCUT2D eigenvalue weighted by Gasteiger charge is -2.25. The Morgan fingerprint density at radius 2 is 2.21 bits per heavy atom. The first kappa shape index (κ1) is 16.0. The first-order chi connectivity index (χ1) is 11.6. The van der Waals surface area contributed by atoms with Gasteiger partial charge in [0.2, 0.25) is 0 Å². The van der Waals surface area contributed by atoms with Gasteiger partial charge < -0.3 is 15.4 Å².